The Kier molecular flexibility index (Phi) is 4.13. The average Bonchev–Trinajstić information content (AvgIpc) is 2.88. The molecule has 1 aliphatic carbocycles. The van der Waals surface area contributed by atoms with Crippen LogP contribution in [-0.2, 0) is 17.6 Å². The Labute approximate surface area is 129 Å². The van der Waals surface area contributed by atoms with Gasteiger partial charge in [0.2, 0.25) is 5.88 Å². The highest BCUT2D eigenvalue weighted by Gasteiger charge is 2.20. The Bertz CT molecular complexity index is 671. The van der Waals surface area contributed by atoms with E-state index in [1.54, 1.807) is 0 Å². The van der Waals surface area contributed by atoms with Crippen molar-refractivity contribution >= 4 is 11.8 Å². The van der Waals surface area contributed by atoms with Gasteiger partial charge < -0.3 is 9.26 Å². The standard InChI is InChI=1S/C17H20N2O3/c1-11-7-12(2)9-13(8-11)21-10-16(20)18-17-14-5-3-4-6-15(14)19-22-17/h7-9H,3-6,10H2,1-2H3,(H,18,20). The van der Waals surface area contributed by atoms with Crippen molar-refractivity contribution in [3.63, 3.8) is 0 Å². The van der Waals surface area contributed by atoms with E-state index in [0.717, 1.165) is 48.1 Å². The molecular weight excluding hydrogens is 280 g/mol. The minimum absolute atomic E-state index is 0.0433. The molecule has 0 bridgehead atoms. The Balaban J connectivity index is 1.60. The Morgan fingerprint density at radius 2 is 1.95 bits per heavy atom. The van der Waals surface area contributed by atoms with Crippen LogP contribution in [0.2, 0.25) is 0 Å². The number of ether oxygens (including phenoxy) is 1. The summed E-state index contributed by atoms with van der Waals surface area (Å²) in [6, 6.07) is 5.89. The monoisotopic (exact) mass is 300 g/mol. The van der Waals surface area contributed by atoms with Crippen LogP contribution in [0.1, 0.15) is 35.2 Å². The van der Waals surface area contributed by atoms with Crippen molar-refractivity contribution in [1.82, 2.24) is 5.16 Å². The number of rotatable bonds is 4. The van der Waals surface area contributed by atoms with Crippen LogP contribution in [0.25, 0.3) is 0 Å². The zero-order chi connectivity index (χ0) is 15.5. The number of aryl methyl sites for hydroxylation is 3. The van der Waals surface area contributed by atoms with Crippen LogP contribution in [0, 0.1) is 13.8 Å². The predicted molar refractivity (Wildman–Crippen MR) is 83.2 cm³/mol. The summed E-state index contributed by atoms with van der Waals surface area (Å²) in [4.78, 5) is 12.0. The number of fused-ring (bicyclic) bond motifs is 1. The van der Waals surface area contributed by atoms with Crippen molar-refractivity contribution in [2.24, 2.45) is 0 Å². The lowest BCUT2D eigenvalue weighted by Crippen LogP contribution is -2.21. The zero-order valence-electron chi connectivity index (χ0n) is 12.9. The number of amides is 1. The summed E-state index contributed by atoms with van der Waals surface area (Å²) < 4.78 is 10.8. The van der Waals surface area contributed by atoms with Gasteiger partial charge in [-0.25, -0.2) is 0 Å². The molecule has 5 nitrogen and oxygen atoms in total. The molecule has 0 aliphatic heterocycles. The lowest BCUT2D eigenvalue weighted by Gasteiger charge is -2.10. The lowest BCUT2D eigenvalue weighted by atomic mass is 9.98. The molecular formula is C17H20N2O3. The van der Waals surface area contributed by atoms with Gasteiger partial charge in [-0.3, -0.25) is 10.1 Å². The van der Waals surface area contributed by atoms with Crippen molar-refractivity contribution in [3.05, 3.63) is 40.6 Å². The molecule has 1 aromatic carbocycles. The average molecular weight is 300 g/mol. The van der Waals surface area contributed by atoms with Crippen molar-refractivity contribution in [3.8, 4) is 5.75 Å². The van der Waals surface area contributed by atoms with Crippen LogP contribution < -0.4 is 10.1 Å². The quantitative estimate of drug-likeness (QED) is 0.942. The molecule has 116 valence electrons. The molecule has 3 rings (SSSR count). The van der Waals surface area contributed by atoms with E-state index in [2.05, 4.69) is 16.5 Å². The number of nitrogens with zero attached hydrogens (tertiary/aromatic N) is 1. The number of anilines is 1. The highest BCUT2D eigenvalue weighted by molar-refractivity contribution is 5.91. The van der Waals surface area contributed by atoms with E-state index >= 15 is 0 Å². The molecule has 1 aliphatic rings. The first-order chi connectivity index (χ1) is 10.6. The van der Waals surface area contributed by atoms with E-state index in [0.29, 0.717) is 11.6 Å². The van der Waals surface area contributed by atoms with Gasteiger partial charge in [0.15, 0.2) is 6.61 Å². The SMILES string of the molecule is Cc1cc(C)cc(OCC(=O)Nc2onc3c2CCCC3)c1. The minimum atomic E-state index is -0.233. The second-order valence-electron chi connectivity index (χ2n) is 5.80. The molecule has 0 atom stereocenters. The fraction of sp³-hybridized carbons (Fsp3) is 0.412. The number of nitrogens with one attached hydrogen (secondary N) is 1. The van der Waals surface area contributed by atoms with Crippen molar-refractivity contribution < 1.29 is 14.1 Å². The summed E-state index contributed by atoms with van der Waals surface area (Å²) in [7, 11) is 0. The van der Waals surface area contributed by atoms with Gasteiger partial charge >= 0.3 is 0 Å². The van der Waals surface area contributed by atoms with Gasteiger partial charge in [0.25, 0.3) is 5.91 Å². The predicted octanol–water partition coefficient (Wildman–Crippen LogP) is 3.19. The van der Waals surface area contributed by atoms with E-state index in [-0.39, 0.29) is 12.5 Å². The molecule has 0 fully saturated rings. The molecule has 1 N–H and O–H groups in total. The molecule has 0 saturated carbocycles. The second kappa shape index (κ2) is 6.22. The van der Waals surface area contributed by atoms with Gasteiger partial charge in [0, 0.05) is 5.56 Å². The summed E-state index contributed by atoms with van der Waals surface area (Å²) in [6.07, 6.45) is 4.07. The highest BCUT2D eigenvalue weighted by atomic mass is 16.5. The fourth-order valence-corrected chi connectivity index (χ4v) is 2.82. The highest BCUT2D eigenvalue weighted by Crippen LogP contribution is 2.27. The topological polar surface area (TPSA) is 64.4 Å². The number of carbonyl (C=O) groups excluding carboxylic acids is 1. The Morgan fingerprint density at radius 3 is 2.73 bits per heavy atom. The van der Waals surface area contributed by atoms with Gasteiger partial charge in [0.05, 0.1) is 5.69 Å². The third kappa shape index (κ3) is 3.30. The van der Waals surface area contributed by atoms with Crippen LogP contribution in [0.5, 0.6) is 5.75 Å². The molecule has 1 aromatic heterocycles. The lowest BCUT2D eigenvalue weighted by molar-refractivity contribution is -0.118. The van der Waals surface area contributed by atoms with Crippen molar-refractivity contribution in [2.45, 2.75) is 39.5 Å². The van der Waals surface area contributed by atoms with E-state index in [4.69, 9.17) is 9.26 Å². The second-order valence-corrected chi connectivity index (χ2v) is 5.80. The summed E-state index contributed by atoms with van der Waals surface area (Å²) >= 11 is 0. The van der Waals surface area contributed by atoms with Gasteiger partial charge in [-0.05, 0) is 62.8 Å². The zero-order valence-corrected chi connectivity index (χ0v) is 12.9. The first-order valence-electron chi connectivity index (χ1n) is 7.60. The number of hydrogen-bond acceptors (Lipinski definition) is 4. The smallest absolute Gasteiger partial charge is 0.264 e. The van der Waals surface area contributed by atoms with Crippen LogP contribution >= 0.6 is 0 Å². The fourth-order valence-electron chi connectivity index (χ4n) is 2.82. The molecule has 0 radical (unpaired) electrons. The Hall–Kier alpha value is -2.30. The van der Waals surface area contributed by atoms with E-state index in [1.165, 1.54) is 0 Å². The van der Waals surface area contributed by atoms with Crippen LogP contribution in [0.3, 0.4) is 0 Å². The Morgan fingerprint density at radius 1 is 1.23 bits per heavy atom. The van der Waals surface area contributed by atoms with Gasteiger partial charge in [0.1, 0.15) is 5.75 Å². The maximum absolute atomic E-state index is 12.0. The molecule has 2 aromatic rings. The summed E-state index contributed by atoms with van der Waals surface area (Å²) in [5.41, 5.74) is 4.22. The first-order valence-corrected chi connectivity index (χ1v) is 7.60. The third-order valence-electron chi connectivity index (χ3n) is 3.78. The van der Waals surface area contributed by atoms with Crippen LogP contribution in [-0.4, -0.2) is 17.7 Å². The van der Waals surface area contributed by atoms with E-state index in [1.807, 2.05) is 26.0 Å². The van der Waals surface area contributed by atoms with Crippen LogP contribution in [0.4, 0.5) is 5.88 Å². The number of benzene rings is 1. The van der Waals surface area contributed by atoms with Crippen LogP contribution in [0.15, 0.2) is 22.7 Å². The number of hydrogen-bond donors (Lipinski definition) is 1. The molecule has 22 heavy (non-hydrogen) atoms. The third-order valence-corrected chi connectivity index (χ3v) is 3.78. The van der Waals surface area contributed by atoms with Gasteiger partial charge in [-0.15, -0.1) is 0 Å². The minimum Gasteiger partial charge on any atom is -0.484 e. The molecule has 0 unspecified atom stereocenters. The number of aromatic nitrogens is 1. The number of carbonyl (C=O) groups is 1. The van der Waals surface area contributed by atoms with Gasteiger partial charge in [-0.1, -0.05) is 11.2 Å². The molecule has 0 spiro atoms. The van der Waals surface area contributed by atoms with E-state index < -0.39 is 0 Å². The molecule has 1 heterocycles. The maximum Gasteiger partial charge on any atom is 0.264 e. The summed E-state index contributed by atoms with van der Waals surface area (Å²) in [5, 5.41) is 6.78. The molecule has 0 saturated heterocycles. The van der Waals surface area contributed by atoms with Crippen molar-refractivity contribution in [2.75, 3.05) is 11.9 Å². The van der Waals surface area contributed by atoms with Gasteiger partial charge in [-0.2, -0.15) is 0 Å². The summed E-state index contributed by atoms with van der Waals surface area (Å²) in [5.74, 6) is 0.944. The molecule has 5 heteroatoms. The molecule has 1 amide bonds. The largest absolute Gasteiger partial charge is 0.484 e. The first kappa shape index (κ1) is 14.6. The maximum atomic E-state index is 12.0. The normalized spacial score (nSPS) is 13.5. The van der Waals surface area contributed by atoms with Crippen molar-refractivity contribution in [1.29, 1.82) is 0 Å². The van der Waals surface area contributed by atoms with E-state index in [9.17, 15) is 4.79 Å². The summed E-state index contributed by atoms with van der Waals surface area (Å²) in [6.45, 7) is 3.96.